The molecule has 0 aromatic carbocycles. The van der Waals surface area contributed by atoms with Gasteiger partial charge < -0.3 is 4.57 Å². The molecule has 0 unspecified atom stereocenters. The molecule has 0 saturated heterocycles. The molecule has 3 heterocycles. The van der Waals surface area contributed by atoms with Crippen LogP contribution in [-0.4, -0.2) is 37.7 Å². The fourth-order valence-corrected chi connectivity index (χ4v) is 3.17. The average molecular weight is 271 g/mol. The monoisotopic (exact) mass is 271 g/mol. The van der Waals surface area contributed by atoms with Crippen LogP contribution in [0.1, 0.15) is 41.4 Å². The first-order valence-electron chi connectivity index (χ1n) is 7.55. The van der Waals surface area contributed by atoms with Gasteiger partial charge >= 0.3 is 0 Å². The molecule has 1 aliphatic heterocycles. The molecule has 4 rings (SSSR count). The summed E-state index contributed by atoms with van der Waals surface area (Å²) < 4.78 is 2.11. The molecule has 1 N–H and O–H groups in total. The first-order chi connectivity index (χ1) is 9.81. The molecule has 0 bridgehead atoms. The summed E-state index contributed by atoms with van der Waals surface area (Å²) in [6.45, 7) is 3.22. The lowest BCUT2D eigenvalue weighted by Gasteiger charge is -2.19. The Labute approximate surface area is 119 Å². The molecule has 5 nitrogen and oxygen atoms in total. The minimum Gasteiger partial charge on any atom is -0.337 e. The minimum absolute atomic E-state index is 0.749. The van der Waals surface area contributed by atoms with Gasteiger partial charge in [-0.25, -0.2) is 4.98 Å². The predicted molar refractivity (Wildman–Crippen MR) is 76.5 cm³/mol. The Hall–Kier alpha value is -1.62. The van der Waals surface area contributed by atoms with Gasteiger partial charge in [-0.1, -0.05) is 0 Å². The van der Waals surface area contributed by atoms with Crippen molar-refractivity contribution in [3.05, 3.63) is 35.2 Å². The van der Waals surface area contributed by atoms with Gasteiger partial charge in [0.15, 0.2) is 0 Å². The van der Waals surface area contributed by atoms with Gasteiger partial charge in [-0.15, -0.1) is 0 Å². The van der Waals surface area contributed by atoms with Crippen LogP contribution in [0.4, 0.5) is 0 Å². The van der Waals surface area contributed by atoms with Crippen molar-refractivity contribution in [3.63, 3.8) is 0 Å². The Morgan fingerprint density at radius 2 is 2.15 bits per heavy atom. The van der Waals surface area contributed by atoms with Crippen LogP contribution in [-0.2, 0) is 26.4 Å². The fourth-order valence-electron chi connectivity index (χ4n) is 3.17. The zero-order valence-electron chi connectivity index (χ0n) is 12.0. The van der Waals surface area contributed by atoms with E-state index in [1.54, 1.807) is 0 Å². The van der Waals surface area contributed by atoms with Gasteiger partial charge in [-0.2, -0.15) is 5.10 Å². The lowest BCUT2D eigenvalue weighted by atomic mass is 10.1. The first-order valence-corrected chi connectivity index (χ1v) is 7.55. The number of hydrogen-bond donors (Lipinski definition) is 1. The van der Waals surface area contributed by atoms with Crippen molar-refractivity contribution in [1.29, 1.82) is 0 Å². The zero-order chi connectivity index (χ0) is 13.5. The SMILES string of the molecule is Cn1cncc1CN1CCc2[nH]nc(C3CC3)c2CC1. The van der Waals surface area contributed by atoms with E-state index >= 15 is 0 Å². The highest BCUT2D eigenvalue weighted by atomic mass is 15.2. The van der Waals surface area contributed by atoms with Gasteiger partial charge in [0, 0.05) is 50.9 Å². The Bertz CT molecular complexity index is 608. The van der Waals surface area contributed by atoms with Gasteiger partial charge in [0.05, 0.1) is 17.7 Å². The van der Waals surface area contributed by atoms with Crippen LogP contribution in [0.2, 0.25) is 0 Å². The predicted octanol–water partition coefficient (Wildman–Crippen LogP) is 1.62. The zero-order valence-corrected chi connectivity index (χ0v) is 12.0. The molecular formula is C15H21N5. The number of rotatable bonds is 3. The highest BCUT2D eigenvalue weighted by Gasteiger charge is 2.31. The molecule has 2 aromatic rings. The van der Waals surface area contributed by atoms with Crippen LogP contribution in [0, 0.1) is 0 Å². The maximum absolute atomic E-state index is 4.56. The fraction of sp³-hybridized carbons (Fsp3) is 0.600. The normalized spacial score (nSPS) is 19.9. The second-order valence-corrected chi connectivity index (χ2v) is 6.11. The summed E-state index contributed by atoms with van der Waals surface area (Å²) >= 11 is 0. The highest BCUT2D eigenvalue weighted by molar-refractivity contribution is 5.32. The van der Waals surface area contributed by atoms with Crippen molar-refractivity contribution in [2.24, 2.45) is 7.05 Å². The van der Waals surface area contributed by atoms with E-state index in [1.807, 2.05) is 12.5 Å². The van der Waals surface area contributed by atoms with E-state index in [9.17, 15) is 0 Å². The molecule has 1 fully saturated rings. The Balaban J connectivity index is 1.48. The number of nitrogens with zero attached hydrogens (tertiary/aromatic N) is 4. The van der Waals surface area contributed by atoms with Crippen molar-refractivity contribution < 1.29 is 0 Å². The van der Waals surface area contributed by atoms with Crippen LogP contribution < -0.4 is 0 Å². The number of aromatic nitrogens is 4. The maximum Gasteiger partial charge on any atom is 0.0945 e. The van der Waals surface area contributed by atoms with Crippen molar-refractivity contribution >= 4 is 0 Å². The van der Waals surface area contributed by atoms with Gasteiger partial charge in [0.1, 0.15) is 0 Å². The van der Waals surface area contributed by atoms with Crippen LogP contribution in [0.25, 0.3) is 0 Å². The molecule has 1 aliphatic carbocycles. The summed E-state index contributed by atoms with van der Waals surface area (Å²) in [4.78, 5) is 6.74. The second-order valence-electron chi connectivity index (χ2n) is 6.11. The maximum atomic E-state index is 4.56. The van der Waals surface area contributed by atoms with E-state index < -0.39 is 0 Å². The second kappa shape index (κ2) is 4.74. The lowest BCUT2D eigenvalue weighted by Crippen LogP contribution is -2.27. The summed E-state index contributed by atoms with van der Waals surface area (Å²) in [5, 5.41) is 7.84. The number of imidazole rings is 1. The van der Waals surface area contributed by atoms with Crippen LogP contribution >= 0.6 is 0 Å². The van der Waals surface area contributed by atoms with Crippen LogP contribution in [0.15, 0.2) is 12.5 Å². The standard InChI is InChI=1S/C15H21N5/c1-19-10-16-8-12(19)9-20-6-4-13-14(5-7-20)17-18-15(13)11-2-3-11/h8,10-11H,2-7,9H2,1H3,(H,17,18). The Morgan fingerprint density at radius 3 is 2.90 bits per heavy atom. The highest BCUT2D eigenvalue weighted by Crippen LogP contribution is 2.41. The molecular weight excluding hydrogens is 250 g/mol. The topological polar surface area (TPSA) is 49.7 Å². The summed E-state index contributed by atoms with van der Waals surface area (Å²) in [6, 6.07) is 0. The molecule has 2 aromatic heterocycles. The minimum atomic E-state index is 0.749. The van der Waals surface area contributed by atoms with Crippen molar-refractivity contribution in [3.8, 4) is 0 Å². The largest absolute Gasteiger partial charge is 0.337 e. The molecule has 0 spiro atoms. The van der Waals surface area contributed by atoms with E-state index in [0.29, 0.717) is 0 Å². The molecule has 1 saturated carbocycles. The smallest absolute Gasteiger partial charge is 0.0945 e. The van der Waals surface area contributed by atoms with E-state index in [-0.39, 0.29) is 0 Å². The molecule has 0 radical (unpaired) electrons. The summed E-state index contributed by atoms with van der Waals surface area (Å²) in [5.41, 5.74) is 5.54. The molecule has 0 atom stereocenters. The van der Waals surface area contributed by atoms with Crippen molar-refractivity contribution in [1.82, 2.24) is 24.6 Å². The van der Waals surface area contributed by atoms with Crippen LogP contribution in [0.3, 0.4) is 0 Å². The number of aromatic amines is 1. The van der Waals surface area contributed by atoms with E-state index in [4.69, 9.17) is 0 Å². The number of hydrogen-bond acceptors (Lipinski definition) is 3. The number of aryl methyl sites for hydroxylation is 1. The first kappa shape index (κ1) is 12.1. The van der Waals surface area contributed by atoms with Gasteiger partial charge in [0.2, 0.25) is 0 Å². The third-order valence-electron chi connectivity index (χ3n) is 4.61. The molecule has 2 aliphatic rings. The van der Waals surface area contributed by atoms with Crippen molar-refractivity contribution in [2.45, 2.75) is 38.1 Å². The summed E-state index contributed by atoms with van der Waals surface area (Å²) in [7, 11) is 2.07. The lowest BCUT2D eigenvalue weighted by molar-refractivity contribution is 0.272. The van der Waals surface area contributed by atoms with Crippen molar-refractivity contribution in [2.75, 3.05) is 13.1 Å². The third kappa shape index (κ3) is 2.16. The average Bonchev–Trinajstić information content (AvgIpc) is 3.15. The van der Waals surface area contributed by atoms with Gasteiger partial charge in [-0.3, -0.25) is 10.00 Å². The van der Waals surface area contributed by atoms with Gasteiger partial charge in [-0.05, 0) is 24.8 Å². The van der Waals surface area contributed by atoms with E-state index in [2.05, 4.69) is 31.7 Å². The van der Waals surface area contributed by atoms with Gasteiger partial charge in [0.25, 0.3) is 0 Å². The number of fused-ring (bicyclic) bond motifs is 1. The molecule has 106 valence electrons. The number of nitrogens with one attached hydrogen (secondary N) is 1. The molecule has 0 amide bonds. The van der Waals surface area contributed by atoms with Crippen LogP contribution in [0.5, 0.6) is 0 Å². The quantitative estimate of drug-likeness (QED) is 0.923. The molecule has 20 heavy (non-hydrogen) atoms. The third-order valence-corrected chi connectivity index (χ3v) is 4.61. The molecule has 5 heteroatoms. The Morgan fingerprint density at radius 1 is 1.30 bits per heavy atom. The summed E-state index contributed by atoms with van der Waals surface area (Å²) in [6.07, 6.45) is 8.74. The van der Waals surface area contributed by atoms with E-state index in [0.717, 1.165) is 38.4 Å². The summed E-state index contributed by atoms with van der Waals surface area (Å²) in [5.74, 6) is 0.749. The number of H-pyrrole nitrogens is 1. The Kier molecular flexibility index (Phi) is 2.88. The van der Waals surface area contributed by atoms with E-state index in [1.165, 1.54) is 35.5 Å².